The predicted molar refractivity (Wildman–Crippen MR) is 116 cm³/mol. The molecule has 0 bridgehead atoms. The van der Waals surface area contributed by atoms with Gasteiger partial charge in [0.05, 0.1) is 30.6 Å². The van der Waals surface area contributed by atoms with E-state index in [0.717, 1.165) is 18.8 Å². The zero-order valence-electron chi connectivity index (χ0n) is 15.8. The second kappa shape index (κ2) is 6.81. The number of halogens is 1. The molecule has 1 aliphatic carbocycles. The molecule has 10 heteroatoms. The lowest BCUT2D eigenvalue weighted by Gasteiger charge is -2.11. The number of aromatic nitrogens is 3. The second-order valence-electron chi connectivity index (χ2n) is 7.38. The molecular formula is C19H19IN4O4S. The quantitative estimate of drug-likeness (QED) is 0.511. The predicted octanol–water partition coefficient (Wildman–Crippen LogP) is 2.65. The van der Waals surface area contributed by atoms with E-state index in [-0.39, 0.29) is 10.9 Å². The molecular weight excluding hydrogens is 507 g/mol. The highest BCUT2D eigenvalue weighted by molar-refractivity contribution is 14.1. The summed E-state index contributed by atoms with van der Waals surface area (Å²) in [5.74, 6) is 1.64. The summed E-state index contributed by atoms with van der Waals surface area (Å²) in [6.45, 7) is 3.38. The Bertz CT molecular complexity index is 1200. The van der Waals surface area contributed by atoms with Gasteiger partial charge in [-0.1, -0.05) is 17.7 Å². The largest absolute Gasteiger partial charge is 0.480 e. The highest BCUT2D eigenvalue weighted by Gasteiger charge is 2.54. The molecule has 0 spiro atoms. The maximum absolute atomic E-state index is 13.3. The molecule has 1 saturated heterocycles. The summed E-state index contributed by atoms with van der Waals surface area (Å²) in [5.41, 5.74) is 1.29. The van der Waals surface area contributed by atoms with Crippen LogP contribution in [0.4, 0.5) is 5.95 Å². The van der Waals surface area contributed by atoms with Crippen molar-refractivity contribution in [1.29, 1.82) is 0 Å². The summed E-state index contributed by atoms with van der Waals surface area (Å²) < 4.78 is 39.4. The molecule has 1 N–H and O–H groups in total. The number of aryl methyl sites for hydroxylation is 1. The van der Waals surface area contributed by atoms with E-state index in [9.17, 15) is 8.42 Å². The lowest BCUT2D eigenvalue weighted by atomic mass is 10.2. The van der Waals surface area contributed by atoms with E-state index in [1.165, 1.54) is 11.1 Å². The Hall–Kier alpha value is -1.92. The minimum atomic E-state index is -3.81. The molecule has 3 heterocycles. The Morgan fingerprint density at radius 3 is 2.55 bits per heavy atom. The fourth-order valence-electron chi connectivity index (χ4n) is 3.85. The van der Waals surface area contributed by atoms with Crippen molar-refractivity contribution in [1.82, 2.24) is 13.9 Å². The average Bonchev–Trinajstić information content (AvgIpc) is 3.04. The fourth-order valence-corrected chi connectivity index (χ4v) is 6.10. The molecule has 2 aromatic heterocycles. The van der Waals surface area contributed by atoms with E-state index >= 15 is 0 Å². The number of nitrogens with zero attached hydrogens (tertiary/aromatic N) is 3. The van der Waals surface area contributed by atoms with E-state index < -0.39 is 10.0 Å². The first kappa shape index (κ1) is 19.1. The second-order valence-corrected chi connectivity index (χ2v) is 10.4. The molecule has 8 nitrogen and oxygen atoms in total. The Morgan fingerprint density at radius 2 is 1.90 bits per heavy atom. The van der Waals surface area contributed by atoms with E-state index in [2.05, 4.69) is 37.9 Å². The highest BCUT2D eigenvalue weighted by atomic mass is 127. The van der Waals surface area contributed by atoms with Crippen molar-refractivity contribution in [3.8, 4) is 5.88 Å². The van der Waals surface area contributed by atoms with E-state index in [1.54, 1.807) is 30.5 Å². The molecule has 1 aliphatic heterocycles. The molecule has 2 fully saturated rings. The van der Waals surface area contributed by atoms with Gasteiger partial charge in [0.25, 0.3) is 10.0 Å². The van der Waals surface area contributed by atoms with E-state index in [1.807, 2.05) is 6.92 Å². The third-order valence-electron chi connectivity index (χ3n) is 5.55. The summed E-state index contributed by atoms with van der Waals surface area (Å²) >= 11 is 2.08. The van der Waals surface area contributed by atoms with E-state index in [0.29, 0.717) is 38.3 Å². The zero-order chi connectivity index (χ0) is 20.3. The molecule has 1 unspecified atom stereocenters. The van der Waals surface area contributed by atoms with Gasteiger partial charge in [0, 0.05) is 27.6 Å². The van der Waals surface area contributed by atoms with Gasteiger partial charge in [-0.05, 0) is 41.6 Å². The summed E-state index contributed by atoms with van der Waals surface area (Å²) in [5, 5.41) is 3.90. The molecule has 152 valence electrons. The topological polar surface area (TPSA) is 95.3 Å². The Kier molecular flexibility index (Phi) is 4.48. The van der Waals surface area contributed by atoms with Gasteiger partial charge >= 0.3 is 0 Å². The molecule has 29 heavy (non-hydrogen) atoms. The van der Waals surface area contributed by atoms with Crippen LogP contribution in [0.1, 0.15) is 5.56 Å². The summed E-state index contributed by atoms with van der Waals surface area (Å²) in [6.07, 6.45) is 1.56. The fraction of sp³-hybridized carbons (Fsp3) is 0.368. The molecule has 2 aliphatic rings. The number of hydrogen-bond donors (Lipinski definition) is 1. The van der Waals surface area contributed by atoms with Crippen LogP contribution >= 0.6 is 22.6 Å². The van der Waals surface area contributed by atoms with Crippen LogP contribution in [0.5, 0.6) is 5.88 Å². The summed E-state index contributed by atoms with van der Waals surface area (Å²) in [6, 6.07) is 7.01. The van der Waals surface area contributed by atoms with E-state index in [4.69, 9.17) is 9.47 Å². The van der Waals surface area contributed by atoms with Gasteiger partial charge in [-0.2, -0.15) is 9.97 Å². The molecule has 3 aromatic rings. The van der Waals surface area contributed by atoms with Crippen molar-refractivity contribution in [3.05, 3.63) is 39.6 Å². The van der Waals surface area contributed by atoms with Crippen LogP contribution in [-0.4, -0.2) is 48.7 Å². The SMILES string of the molecule is COc1nc(NC2[C@H]3COC[C@@H]23)nc2c1c(I)cn2S(=O)(=O)c1ccc(C)cc1. The maximum atomic E-state index is 13.3. The van der Waals surface area contributed by atoms with Gasteiger partial charge in [0.15, 0.2) is 5.65 Å². The van der Waals surface area contributed by atoms with Crippen LogP contribution in [0.25, 0.3) is 11.0 Å². The first-order valence-electron chi connectivity index (χ1n) is 9.19. The van der Waals surface area contributed by atoms with Crippen LogP contribution in [-0.2, 0) is 14.8 Å². The van der Waals surface area contributed by atoms with Crippen molar-refractivity contribution >= 4 is 49.6 Å². The first-order chi connectivity index (χ1) is 13.9. The van der Waals surface area contributed by atoms with Crippen LogP contribution in [0.2, 0.25) is 0 Å². The van der Waals surface area contributed by atoms with Gasteiger partial charge in [-0.3, -0.25) is 0 Å². The number of benzene rings is 1. The minimum absolute atomic E-state index is 0.206. The van der Waals surface area contributed by atoms with Gasteiger partial charge in [0.2, 0.25) is 11.8 Å². The average molecular weight is 526 g/mol. The molecule has 0 amide bonds. The zero-order valence-corrected chi connectivity index (χ0v) is 18.8. The molecule has 0 radical (unpaired) electrons. The van der Waals surface area contributed by atoms with Gasteiger partial charge < -0.3 is 14.8 Å². The Morgan fingerprint density at radius 1 is 1.21 bits per heavy atom. The van der Waals surface area contributed by atoms with Crippen LogP contribution < -0.4 is 10.1 Å². The standard InChI is InChI=1S/C19H19IN4O4S/c1-10-3-5-11(6-4-10)29(25,26)24-7-14(20)15-17(24)22-19(23-18(15)27-2)21-16-12-8-28-9-13(12)16/h3-7,12-13,16H,8-9H2,1-2H3,(H,21,22,23)/t12-,13+,16?. The Balaban J connectivity index is 1.62. The number of methoxy groups -OCH3 is 1. The molecule has 1 aromatic carbocycles. The Labute approximate surface area is 181 Å². The van der Waals surface area contributed by atoms with Crippen LogP contribution in [0.15, 0.2) is 35.4 Å². The lowest BCUT2D eigenvalue weighted by Crippen LogP contribution is -2.16. The number of ether oxygens (including phenoxy) is 2. The summed E-state index contributed by atoms with van der Waals surface area (Å²) in [4.78, 5) is 9.23. The van der Waals surface area contributed by atoms with Crippen molar-refractivity contribution in [2.75, 3.05) is 25.6 Å². The first-order valence-corrected chi connectivity index (χ1v) is 11.7. The highest BCUT2D eigenvalue weighted by Crippen LogP contribution is 2.46. The van der Waals surface area contributed by atoms with Gasteiger partial charge in [0.1, 0.15) is 0 Å². The minimum Gasteiger partial charge on any atom is -0.480 e. The summed E-state index contributed by atoms with van der Waals surface area (Å²) in [7, 11) is -2.29. The van der Waals surface area contributed by atoms with Gasteiger partial charge in [-0.25, -0.2) is 12.4 Å². The van der Waals surface area contributed by atoms with Crippen molar-refractivity contribution in [3.63, 3.8) is 0 Å². The molecule has 1 saturated carbocycles. The smallest absolute Gasteiger partial charge is 0.269 e. The number of hydrogen-bond acceptors (Lipinski definition) is 7. The molecule has 3 atom stereocenters. The van der Waals surface area contributed by atoms with Crippen molar-refractivity contribution in [2.24, 2.45) is 11.8 Å². The lowest BCUT2D eigenvalue weighted by molar-refractivity contribution is 0.162. The number of anilines is 1. The normalized spacial score (nSPS) is 23.2. The van der Waals surface area contributed by atoms with Gasteiger partial charge in [-0.15, -0.1) is 0 Å². The third kappa shape index (κ3) is 3.08. The van der Waals surface area contributed by atoms with Crippen molar-refractivity contribution in [2.45, 2.75) is 17.9 Å². The van der Waals surface area contributed by atoms with Crippen LogP contribution in [0.3, 0.4) is 0 Å². The monoisotopic (exact) mass is 526 g/mol. The number of nitrogens with one attached hydrogen (secondary N) is 1. The van der Waals surface area contributed by atoms with Crippen LogP contribution in [0, 0.1) is 22.3 Å². The third-order valence-corrected chi connectivity index (χ3v) is 8.04. The van der Waals surface area contributed by atoms with Crippen molar-refractivity contribution < 1.29 is 17.9 Å². The molecule has 5 rings (SSSR count). The number of rotatable bonds is 5. The number of fused-ring (bicyclic) bond motifs is 2. The maximum Gasteiger partial charge on any atom is 0.269 e.